The molecule has 2 aromatic rings. The van der Waals surface area contributed by atoms with Crippen LogP contribution in [-0.4, -0.2) is 15.8 Å². The number of hydrogen-bond acceptors (Lipinski definition) is 4. The number of nitrogens with zero attached hydrogens (tertiary/aromatic N) is 4. The first-order valence-corrected chi connectivity index (χ1v) is 6.70. The minimum absolute atomic E-state index is 0.0286. The van der Waals surface area contributed by atoms with Crippen molar-refractivity contribution in [3.8, 4) is 17.5 Å². The zero-order valence-corrected chi connectivity index (χ0v) is 12.3. The molecule has 2 heterocycles. The van der Waals surface area contributed by atoms with E-state index in [-0.39, 0.29) is 21.9 Å². The number of allylic oxidation sites excluding steroid dienone is 2. The molecule has 7 heteroatoms. The summed E-state index contributed by atoms with van der Waals surface area (Å²) in [6.45, 7) is 7.10. The number of rotatable bonds is 0. The first-order valence-electron chi connectivity index (χ1n) is 5.95. The van der Waals surface area contributed by atoms with Gasteiger partial charge in [-0.3, -0.25) is 14.8 Å². The van der Waals surface area contributed by atoms with Crippen molar-refractivity contribution in [3.63, 3.8) is 0 Å². The second kappa shape index (κ2) is 5.23. The van der Waals surface area contributed by atoms with Crippen LogP contribution in [0.5, 0.6) is 0 Å². The fourth-order valence-electron chi connectivity index (χ4n) is 2.25. The first-order chi connectivity index (χ1) is 10.6. The highest BCUT2D eigenvalue weighted by Crippen LogP contribution is 2.40. The van der Waals surface area contributed by atoms with Crippen LogP contribution in [0.3, 0.4) is 0 Å². The predicted octanol–water partition coefficient (Wildman–Crippen LogP) is 3.80. The Labute approximate surface area is 135 Å². The maximum absolute atomic E-state index is 12.7. The zero-order valence-electron chi connectivity index (χ0n) is 10.8. The maximum Gasteiger partial charge on any atom is 0.273 e. The van der Waals surface area contributed by atoms with Crippen molar-refractivity contribution >= 4 is 34.6 Å². The number of Topliss-reactive ketones (excluding diaryl/α,β-unsaturated/α-hetero) is 1. The predicted molar refractivity (Wildman–Crippen MR) is 81.0 cm³/mol. The lowest BCUT2D eigenvalue weighted by Crippen LogP contribution is -2.15. The maximum atomic E-state index is 12.7. The van der Waals surface area contributed by atoms with Crippen LogP contribution >= 0.6 is 23.2 Å². The van der Waals surface area contributed by atoms with Crippen molar-refractivity contribution < 1.29 is 4.79 Å². The van der Waals surface area contributed by atoms with E-state index in [4.69, 9.17) is 35.0 Å². The van der Waals surface area contributed by atoms with Crippen LogP contribution in [0.25, 0.3) is 21.8 Å². The molecule has 1 aliphatic carbocycles. The van der Waals surface area contributed by atoms with E-state index in [9.17, 15) is 4.79 Å². The summed E-state index contributed by atoms with van der Waals surface area (Å²) in [5.74, 6) is -0.492. The van der Waals surface area contributed by atoms with Crippen LogP contribution in [0.2, 0.25) is 10.0 Å². The van der Waals surface area contributed by atoms with Gasteiger partial charge in [0.05, 0.1) is 33.9 Å². The van der Waals surface area contributed by atoms with Crippen LogP contribution in [0.4, 0.5) is 0 Å². The Morgan fingerprint density at radius 2 is 1.68 bits per heavy atom. The molecule has 3 rings (SSSR count). The summed E-state index contributed by atoms with van der Waals surface area (Å²) in [5.41, 5.74) is 0.933. The molecular weight excluding hydrogens is 323 g/mol. The number of ketones is 1. The summed E-state index contributed by atoms with van der Waals surface area (Å²) in [6, 6.07) is 4.69. The molecule has 2 aromatic heterocycles. The largest absolute Gasteiger partial charge is 0.290 e. The van der Waals surface area contributed by atoms with Gasteiger partial charge in [-0.2, -0.15) is 0 Å². The summed E-state index contributed by atoms with van der Waals surface area (Å²) in [5, 5.41) is 9.70. The Hall–Kier alpha value is -2.73. The van der Waals surface area contributed by atoms with Crippen LogP contribution in [0, 0.1) is 17.9 Å². The van der Waals surface area contributed by atoms with E-state index in [1.165, 1.54) is 24.5 Å². The van der Waals surface area contributed by atoms with Gasteiger partial charge in [0.1, 0.15) is 5.69 Å². The zero-order chi connectivity index (χ0) is 15.9. The van der Waals surface area contributed by atoms with Gasteiger partial charge in [0.2, 0.25) is 0 Å². The molecule has 22 heavy (non-hydrogen) atoms. The number of aromatic nitrogens is 2. The molecule has 5 nitrogen and oxygen atoms in total. The van der Waals surface area contributed by atoms with Gasteiger partial charge in [0, 0.05) is 23.5 Å². The second-order valence-electron chi connectivity index (χ2n) is 4.38. The lowest BCUT2D eigenvalue weighted by molar-refractivity contribution is 0.105. The van der Waals surface area contributed by atoms with Gasteiger partial charge in [0.15, 0.2) is 5.78 Å². The van der Waals surface area contributed by atoms with Gasteiger partial charge in [-0.05, 0) is 12.1 Å². The smallest absolute Gasteiger partial charge is 0.273 e. The molecule has 0 amide bonds. The molecule has 0 aromatic carbocycles. The van der Waals surface area contributed by atoms with E-state index in [1.54, 1.807) is 6.07 Å². The SMILES string of the molecule is [C-]#[N+]C(C#N)=C1C(=O)c2cc(Cl)cnc2-c2ncc(Cl)cc21. The Balaban J connectivity index is 2.47. The second-order valence-corrected chi connectivity index (χ2v) is 5.25. The Morgan fingerprint density at radius 3 is 2.23 bits per heavy atom. The van der Waals surface area contributed by atoms with E-state index in [1.807, 2.05) is 0 Å². The fraction of sp³-hybridized carbons (Fsp3) is 0. The average molecular weight is 327 g/mol. The molecule has 0 atom stereocenters. The van der Waals surface area contributed by atoms with Crippen molar-refractivity contribution in [3.05, 3.63) is 62.8 Å². The molecule has 0 spiro atoms. The van der Waals surface area contributed by atoms with Crippen LogP contribution in [0.1, 0.15) is 15.9 Å². The molecule has 0 saturated carbocycles. The van der Waals surface area contributed by atoms with Gasteiger partial charge in [0.25, 0.3) is 5.70 Å². The van der Waals surface area contributed by atoms with Crippen LogP contribution < -0.4 is 0 Å². The van der Waals surface area contributed by atoms with Crippen molar-refractivity contribution in [2.24, 2.45) is 0 Å². The van der Waals surface area contributed by atoms with Gasteiger partial charge in [-0.15, -0.1) is 0 Å². The third-order valence-electron chi connectivity index (χ3n) is 3.13. The fourth-order valence-corrected chi connectivity index (χ4v) is 2.56. The van der Waals surface area contributed by atoms with E-state index in [2.05, 4.69) is 14.8 Å². The van der Waals surface area contributed by atoms with Gasteiger partial charge in [-0.25, -0.2) is 10.1 Å². The van der Waals surface area contributed by atoms with E-state index < -0.39 is 5.78 Å². The third-order valence-corrected chi connectivity index (χ3v) is 3.54. The molecule has 0 unspecified atom stereocenters. The average Bonchev–Trinajstić information content (AvgIpc) is 2.51. The Morgan fingerprint density at radius 1 is 1.14 bits per heavy atom. The van der Waals surface area contributed by atoms with Crippen LogP contribution in [-0.2, 0) is 0 Å². The summed E-state index contributed by atoms with van der Waals surface area (Å²) in [6.07, 6.45) is 2.82. The van der Waals surface area contributed by atoms with E-state index >= 15 is 0 Å². The van der Waals surface area contributed by atoms with Gasteiger partial charge < -0.3 is 0 Å². The van der Waals surface area contributed by atoms with E-state index in [0.29, 0.717) is 22.0 Å². The quantitative estimate of drug-likeness (QED) is 0.419. The summed E-state index contributed by atoms with van der Waals surface area (Å²) < 4.78 is 0. The Kier molecular flexibility index (Phi) is 3.38. The lowest BCUT2D eigenvalue weighted by atomic mass is 9.86. The molecule has 1 aliphatic rings. The highest BCUT2D eigenvalue weighted by atomic mass is 35.5. The van der Waals surface area contributed by atoms with Crippen molar-refractivity contribution in [2.75, 3.05) is 0 Å². The summed E-state index contributed by atoms with van der Waals surface area (Å²) in [4.78, 5) is 24.1. The van der Waals surface area contributed by atoms with Crippen molar-refractivity contribution in [1.29, 1.82) is 5.26 Å². The number of pyridine rings is 2. The topological polar surface area (TPSA) is 71.0 Å². The summed E-state index contributed by atoms with van der Waals surface area (Å²) in [7, 11) is 0. The summed E-state index contributed by atoms with van der Waals surface area (Å²) >= 11 is 11.8. The molecule has 0 bridgehead atoms. The highest BCUT2D eigenvalue weighted by Gasteiger charge is 2.32. The number of carbonyl (C=O) groups excluding carboxylic acids is 1. The van der Waals surface area contributed by atoms with Gasteiger partial charge in [-0.1, -0.05) is 23.2 Å². The molecular formula is C15H4Cl2N4O. The molecule has 0 aliphatic heterocycles. The molecule has 0 saturated heterocycles. The third kappa shape index (κ3) is 2.05. The number of carbonyl (C=O) groups is 1. The monoisotopic (exact) mass is 326 g/mol. The van der Waals surface area contributed by atoms with Gasteiger partial charge >= 0.3 is 0 Å². The normalized spacial score (nSPS) is 14.5. The molecule has 0 fully saturated rings. The lowest BCUT2D eigenvalue weighted by Gasteiger charge is -2.20. The molecule has 104 valence electrons. The van der Waals surface area contributed by atoms with Crippen molar-refractivity contribution in [2.45, 2.75) is 0 Å². The standard InChI is InChI=1S/C15H4Cl2N4O/c1-19-11(4-18)12-9-2-7(16)5-20-13(9)14-10(15(12)22)3-8(17)6-21-14/h2-3,5-6H. The number of nitriles is 1. The first kappa shape index (κ1) is 14.2. The van der Waals surface area contributed by atoms with E-state index in [0.717, 1.165) is 0 Å². The Bertz CT molecular complexity index is 935. The number of halogens is 2. The number of fused-ring (bicyclic) bond motifs is 3. The molecule has 0 radical (unpaired) electrons. The highest BCUT2D eigenvalue weighted by molar-refractivity contribution is 6.37. The van der Waals surface area contributed by atoms with Crippen LogP contribution in [0.15, 0.2) is 30.2 Å². The number of hydrogen-bond donors (Lipinski definition) is 0. The van der Waals surface area contributed by atoms with Crippen molar-refractivity contribution in [1.82, 2.24) is 9.97 Å². The molecule has 0 N–H and O–H groups in total. The minimum Gasteiger partial charge on any atom is -0.290 e. The minimum atomic E-state index is -0.492.